The predicted octanol–water partition coefficient (Wildman–Crippen LogP) is 0.658. The third-order valence-corrected chi connectivity index (χ3v) is 2.08. The molecule has 0 aromatic carbocycles. The monoisotopic (exact) mass is 223 g/mol. The van der Waals surface area contributed by atoms with Crippen LogP contribution in [-0.2, 0) is 6.54 Å². The second-order valence-corrected chi connectivity index (χ2v) is 3.40. The summed E-state index contributed by atoms with van der Waals surface area (Å²) in [6.45, 7) is 3.09. The molecule has 1 aromatic rings. The molecule has 16 heavy (non-hydrogen) atoms. The van der Waals surface area contributed by atoms with Gasteiger partial charge in [-0.05, 0) is 6.42 Å². The van der Waals surface area contributed by atoms with Gasteiger partial charge in [-0.2, -0.15) is 0 Å². The van der Waals surface area contributed by atoms with E-state index in [2.05, 4.69) is 27.5 Å². The van der Waals surface area contributed by atoms with Crippen molar-refractivity contribution >= 4 is 11.8 Å². The van der Waals surface area contributed by atoms with Crippen molar-refractivity contribution in [1.82, 2.24) is 20.6 Å². The molecule has 0 saturated carbocycles. The van der Waals surface area contributed by atoms with Gasteiger partial charge in [0.2, 0.25) is 0 Å². The van der Waals surface area contributed by atoms with Crippen LogP contribution in [0.25, 0.3) is 0 Å². The summed E-state index contributed by atoms with van der Waals surface area (Å²) in [6.07, 6.45) is 5.00. The second-order valence-electron chi connectivity index (χ2n) is 3.40. The molecule has 0 aliphatic heterocycles. The first-order chi connectivity index (χ1) is 7.74. The average molecular weight is 223 g/mol. The van der Waals surface area contributed by atoms with Gasteiger partial charge in [0, 0.05) is 24.8 Å². The van der Waals surface area contributed by atoms with E-state index in [0.717, 1.165) is 12.8 Å². The van der Waals surface area contributed by atoms with Crippen molar-refractivity contribution < 1.29 is 4.79 Å². The number of nitrogen functional groups attached to an aromatic ring is 1. The van der Waals surface area contributed by atoms with E-state index in [4.69, 9.17) is 5.73 Å². The maximum Gasteiger partial charge on any atom is 0.315 e. The minimum absolute atomic E-state index is 0.197. The van der Waals surface area contributed by atoms with Crippen molar-refractivity contribution in [3.8, 4) is 0 Å². The number of carbonyl (C=O) groups is 1. The quantitative estimate of drug-likeness (QED) is 0.639. The van der Waals surface area contributed by atoms with Crippen LogP contribution in [0.15, 0.2) is 12.5 Å². The van der Waals surface area contributed by atoms with E-state index < -0.39 is 0 Å². The normalized spacial score (nSPS) is 9.81. The highest BCUT2D eigenvalue weighted by Gasteiger charge is 2.02. The Morgan fingerprint density at radius 3 is 3.00 bits per heavy atom. The van der Waals surface area contributed by atoms with Crippen molar-refractivity contribution in [3.63, 3.8) is 0 Å². The maximum atomic E-state index is 11.3. The summed E-state index contributed by atoms with van der Waals surface area (Å²) in [5, 5.41) is 5.43. The van der Waals surface area contributed by atoms with Crippen LogP contribution < -0.4 is 16.4 Å². The molecule has 0 atom stereocenters. The molecule has 0 saturated heterocycles. The number of nitrogens with two attached hydrogens (primary N) is 1. The fraction of sp³-hybridized carbons (Fsp3) is 0.500. The van der Waals surface area contributed by atoms with E-state index in [-0.39, 0.29) is 6.03 Å². The lowest BCUT2D eigenvalue weighted by molar-refractivity contribution is 0.240. The van der Waals surface area contributed by atoms with Crippen LogP contribution in [0.4, 0.5) is 10.6 Å². The van der Waals surface area contributed by atoms with Crippen LogP contribution in [0.3, 0.4) is 0 Å². The molecular formula is C10H17N5O. The third-order valence-electron chi connectivity index (χ3n) is 2.08. The van der Waals surface area contributed by atoms with Gasteiger partial charge in [0.05, 0.1) is 0 Å². The molecule has 1 aromatic heterocycles. The van der Waals surface area contributed by atoms with Crippen LogP contribution in [0.5, 0.6) is 0 Å². The Morgan fingerprint density at radius 1 is 1.50 bits per heavy atom. The number of nitrogens with zero attached hydrogens (tertiary/aromatic N) is 2. The van der Waals surface area contributed by atoms with Crippen LogP contribution >= 0.6 is 0 Å². The smallest absolute Gasteiger partial charge is 0.315 e. The van der Waals surface area contributed by atoms with Gasteiger partial charge >= 0.3 is 6.03 Å². The van der Waals surface area contributed by atoms with Gasteiger partial charge < -0.3 is 16.4 Å². The molecule has 4 N–H and O–H groups in total. The Hall–Kier alpha value is -1.85. The Bertz CT molecular complexity index is 342. The van der Waals surface area contributed by atoms with Crippen LogP contribution in [0.1, 0.15) is 25.3 Å². The summed E-state index contributed by atoms with van der Waals surface area (Å²) in [7, 11) is 0. The molecule has 0 radical (unpaired) electrons. The number of aromatic nitrogens is 2. The summed E-state index contributed by atoms with van der Waals surface area (Å²) < 4.78 is 0. The Labute approximate surface area is 94.7 Å². The first-order valence-electron chi connectivity index (χ1n) is 5.30. The molecule has 1 heterocycles. The van der Waals surface area contributed by atoms with Gasteiger partial charge in [0.1, 0.15) is 12.1 Å². The zero-order chi connectivity index (χ0) is 11.8. The van der Waals surface area contributed by atoms with E-state index in [9.17, 15) is 4.79 Å². The van der Waals surface area contributed by atoms with Crippen molar-refractivity contribution in [2.45, 2.75) is 26.3 Å². The van der Waals surface area contributed by atoms with Gasteiger partial charge in [0.25, 0.3) is 0 Å². The number of hydrogen-bond acceptors (Lipinski definition) is 4. The number of rotatable bonds is 5. The van der Waals surface area contributed by atoms with Gasteiger partial charge in [-0.1, -0.05) is 13.3 Å². The molecule has 0 fully saturated rings. The van der Waals surface area contributed by atoms with Crippen molar-refractivity contribution in [2.24, 2.45) is 0 Å². The third kappa shape index (κ3) is 4.12. The maximum absolute atomic E-state index is 11.3. The van der Waals surface area contributed by atoms with Crippen molar-refractivity contribution in [1.29, 1.82) is 0 Å². The highest BCUT2D eigenvalue weighted by Crippen LogP contribution is 2.03. The molecule has 0 aliphatic carbocycles. The largest absolute Gasteiger partial charge is 0.383 e. The molecule has 0 spiro atoms. The van der Waals surface area contributed by atoms with E-state index in [1.54, 1.807) is 6.20 Å². The number of urea groups is 1. The molecular weight excluding hydrogens is 206 g/mol. The summed E-state index contributed by atoms with van der Waals surface area (Å²) in [4.78, 5) is 19.0. The van der Waals surface area contributed by atoms with Crippen LogP contribution in [0.2, 0.25) is 0 Å². The number of anilines is 1. The van der Waals surface area contributed by atoms with Crippen LogP contribution in [-0.4, -0.2) is 22.5 Å². The summed E-state index contributed by atoms with van der Waals surface area (Å²) in [6, 6.07) is -0.197. The predicted molar refractivity (Wildman–Crippen MR) is 61.6 cm³/mol. The molecule has 1 rings (SSSR count). The van der Waals surface area contributed by atoms with Gasteiger partial charge in [-0.15, -0.1) is 0 Å². The molecule has 0 aliphatic rings. The average Bonchev–Trinajstić information content (AvgIpc) is 2.28. The number of amides is 2. The second kappa shape index (κ2) is 6.60. The highest BCUT2D eigenvalue weighted by molar-refractivity contribution is 5.73. The minimum atomic E-state index is -0.197. The fourth-order valence-corrected chi connectivity index (χ4v) is 1.12. The summed E-state index contributed by atoms with van der Waals surface area (Å²) in [5.41, 5.74) is 6.32. The first-order valence-corrected chi connectivity index (χ1v) is 5.30. The van der Waals surface area contributed by atoms with Gasteiger partial charge in [0.15, 0.2) is 0 Å². The lowest BCUT2D eigenvalue weighted by Gasteiger charge is -2.07. The first kappa shape index (κ1) is 12.2. The molecule has 2 amide bonds. The lowest BCUT2D eigenvalue weighted by Crippen LogP contribution is -2.35. The standard InChI is InChI=1S/C10H17N5O/c1-2-3-4-13-10(16)14-6-8-5-12-7-15-9(8)11/h5,7H,2-4,6H2,1H3,(H2,11,12,15)(H2,13,14,16). The van der Waals surface area contributed by atoms with E-state index in [1.165, 1.54) is 6.33 Å². The fourth-order valence-electron chi connectivity index (χ4n) is 1.12. The Kier molecular flexibility index (Phi) is 5.04. The van der Waals surface area contributed by atoms with E-state index in [0.29, 0.717) is 24.5 Å². The molecule has 0 bridgehead atoms. The Morgan fingerprint density at radius 2 is 2.31 bits per heavy atom. The van der Waals surface area contributed by atoms with Gasteiger partial charge in [-0.25, -0.2) is 14.8 Å². The molecule has 6 nitrogen and oxygen atoms in total. The van der Waals surface area contributed by atoms with Crippen molar-refractivity contribution in [2.75, 3.05) is 12.3 Å². The van der Waals surface area contributed by atoms with Gasteiger partial charge in [-0.3, -0.25) is 0 Å². The Balaban J connectivity index is 2.29. The SMILES string of the molecule is CCCCNC(=O)NCc1cncnc1N. The number of unbranched alkanes of at least 4 members (excludes halogenated alkanes) is 1. The number of carbonyl (C=O) groups excluding carboxylic acids is 1. The zero-order valence-corrected chi connectivity index (χ0v) is 9.36. The molecule has 88 valence electrons. The summed E-state index contributed by atoms with van der Waals surface area (Å²) in [5.74, 6) is 0.392. The topological polar surface area (TPSA) is 92.9 Å². The zero-order valence-electron chi connectivity index (χ0n) is 9.36. The molecule has 0 unspecified atom stereocenters. The molecule has 6 heteroatoms. The minimum Gasteiger partial charge on any atom is -0.383 e. The van der Waals surface area contributed by atoms with E-state index >= 15 is 0 Å². The number of nitrogens with one attached hydrogen (secondary N) is 2. The van der Waals surface area contributed by atoms with Crippen molar-refractivity contribution in [3.05, 3.63) is 18.1 Å². The van der Waals surface area contributed by atoms with Crippen LogP contribution in [0, 0.1) is 0 Å². The van der Waals surface area contributed by atoms with E-state index in [1.807, 2.05) is 0 Å². The highest BCUT2D eigenvalue weighted by atomic mass is 16.2. The summed E-state index contributed by atoms with van der Waals surface area (Å²) >= 11 is 0. The number of hydrogen-bond donors (Lipinski definition) is 3. The lowest BCUT2D eigenvalue weighted by atomic mass is 10.3.